The van der Waals surface area contributed by atoms with Gasteiger partial charge in [-0.1, -0.05) is 26.0 Å². The van der Waals surface area contributed by atoms with Crippen molar-refractivity contribution >= 4 is 15.5 Å². The Morgan fingerprint density at radius 1 is 1.31 bits per heavy atom. The van der Waals surface area contributed by atoms with E-state index in [0.717, 1.165) is 12.1 Å². The summed E-state index contributed by atoms with van der Waals surface area (Å²) in [4.78, 5) is 0.387. The molecule has 1 fully saturated rings. The quantitative estimate of drug-likeness (QED) is 0.880. The topological polar surface area (TPSA) is 46.2 Å². The van der Waals surface area contributed by atoms with E-state index in [0.29, 0.717) is 10.9 Å². The summed E-state index contributed by atoms with van der Waals surface area (Å²) in [6.07, 6.45) is 2.33. The number of nitrogens with one attached hydrogen (secondary N) is 1. The highest BCUT2D eigenvalue weighted by Gasteiger charge is 2.45. The van der Waals surface area contributed by atoms with Gasteiger partial charge >= 0.3 is 0 Å². The van der Waals surface area contributed by atoms with Crippen LogP contribution in [0.5, 0.6) is 0 Å². The van der Waals surface area contributed by atoms with Crippen molar-refractivity contribution in [2.45, 2.75) is 31.2 Å². The predicted molar refractivity (Wildman–Crippen MR) is 65.4 cm³/mol. The van der Waals surface area contributed by atoms with Crippen molar-refractivity contribution in [3.05, 3.63) is 24.3 Å². The Bertz CT molecular complexity index is 506. The van der Waals surface area contributed by atoms with Crippen LogP contribution in [0.4, 0.5) is 5.69 Å². The molecule has 1 aliphatic rings. The molecule has 1 N–H and O–H groups in total. The summed E-state index contributed by atoms with van der Waals surface area (Å²) >= 11 is 0. The van der Waals surface area contributed by atoms with E-state index in [4.69, 9.17) is 0 Å². The van der Waals surface area contributed by atoms with Crippen LogP contribution in [0.15, 0.2) is 29.2 Å². The van der Waals surface area contributed by atoms with E-state index >= 15 is 0 Å². The van der Waals surface area contributed by atoms with Gasteiger partial charge in [0.1, 0.15) is 0 Å². The van der Waals surface area contributed by atoms with Gasteiger partial charge in [-0.3, -0.25) is 0 Å². The third-order valence-corrected chi connectivity index (χ3v) is 4.28. The number of hydrogen-bond acceptors (Lipinski definition) is 3. The van der Waals surface area contributed by atoms with Crippen molar-refractivity contribution in [3.8, 4) is 0 Å². The van der Waals surface area contributed by atoms with Gasteiger partial charge in [0, 0.05) is 12.3 Å². The molecule has 88 valence electrons. The number of benzene rings is 1. The van der Waals surface area contributed by atoms with Crippen LogP contribution in [-0.4, -0.2) is 20.7 Å². The summed E-state index contributed by atoms with van der Waals surface area (Å²) in [5, 5.41) is 3.30. The molecule has 0 heterocycles. The van der Waals surface area contributed by atoms with Crippen molar-refractivity contribution < 1.29 is 8.42 Å². The van der Waals surface area contributed by atoms with Gasteiger partial charge in [-0.15, -0.1) is 0 Å². The minimum atomic E-state index is -3.15. The third kappa shape index (κ3) is 2.21. The number of para-hydroxylation sites is 1. The fourth-order valence-electron chi connectivity index (χ4n) is 1.81. The Balaban J connectivity index is 2.28. The summed E-state index contributed by atoms with van der Waals surface area (Å²) < 4.78 is 23.2. The molecular weight excluding hydrogens is 222 g/mol. The second-order valence-corrected chi connectivity index (χ2v) is 7.14. The molecule has 1 aromatic carbocycles. The largest absolute Gasteiger partial charge is 0.381 e. The molecule has 0 bridgehead atoms. The zero-order chi connectivity index (χ0) is 12.0. The first-order valence-corrected chi connectivity index (χ1v) is 7.25. The molecule has 1 unspecified atom stereocenters. The molecule has 0 aromatic heterocycles. The van der Waals surface area contributed by atoms with E-state index in [1.165, 1.54) is 6.26 Å². The Kier molecular flexibility index (Phi) is 2.49. The maximum Gasteiger partial charge on any atom is 0.177 e. The summed E-state index contributed by atoms with van der Waals surface area (Å²) in [7, 11) is -3.15. The van der Waals surface area contributed by atoms with Crippen molar-refractivity contribution in [2.75, 3.05) is 11.6 Å². The fraction of sp³-hybridized carbons (Fsp3) is 0.500. The average Bonchev–Trinajstić information content (AvgIpc) is 2.72. The van der Waals surface area contributed by atoms with Crippen molar-refractivity contribution in [2.24, 2.45) is 5.41 Å². The summed E-state index contributed by atoms with van der Waals surface area (Å²) in [5.74, 6) is 0. The van der Waals surface area contributed by atoms with Crippen LogP contribution in [0.1, 0.15) is 20.3 Å². The number of sulfone groups is 1. The Hall–Kier alpha value is -1.03. The van der Waals surface area contributed by atoms with Crippen LogP contribution in [-0.2, 0) is 9.84 Å². The van der Waals surface area contributed by atoms with Gasteiger partial charge in [-0.05, 0) is 24.0 Å². The standard InChI is InChI=1S/C12H17NO2S/c1-12(2)8-11(12)13-9-6-4-5-7-10(9)16(3,14)15/h4-7,11,13H,8H2,1-3H3. The first-order valence-electron chi connectivity index (χ1n) is 5.36. The van der Waals surface area contributed by atoms with Crippen LogP contribution in [0.25, 0.3) is 0 Å². The summed E-state index contributed by atoms with van der Waals surface area (Å²) in [6, 6.07) is 7.46. The molecule has 16 heavy (non-hydrogen) atoms. The highest BCUT2D eigenvalue weighted by molar-refractivity contribution is 7.90. The van der Waals surface area contributed by atoms with E-state index in [9.17, 15) is 8.42 Å². The highest BCUT2D eigenvalue weighted by atomic mass is 32.2. The van der Waals surface area contributed by atoms with Crippen LogP contribution in [0.3, 0.4) is 0 Å². The molecular formula is C12H17NO2S. The molecule has 4 heteroatoms. The normalized spacial score (nSPS) is 22.8. The van der Waals surface area contributed by atoms with Crippen LogP contribution < -0.4 is 5.32 Å². The Morgan fingerprint density at radius 2 is 1.88 bits per heavy atom. The fourth-order valence-corrected chi connectivity index (χ4v) is 2.66. The maximum absolute atomic E-state index is 11.6. The lowest BCUT2D eigenvalue weighted by Gasteiger charge is -2.11. The zero-order valence-electron chi connectivity index (χ0n) is 9.82. The van der Waals surface area contributed by atoms with Crippen molar-refractivity contribution in [1.29, 1.82) is 0 Å². The second-order valence-electron chi connectivity index (χ2n) is 5.16. The van der Waals surface area contributed by atoms with Gasteiger partial charge in [0.15, 0.2) is 9.84 Å². The molecule has 1 aliphatic carbocycles. The predicted octanol–water partition coefficient (Wildman–Crippen LogP) is 2.30. The van der Waals surface area contributed by atoms with Crippen molar-refractivity contribution in [3.63, 3.8) is 0 Å². The Labute approximate surface area is 96.8 Å². The van der Waals surface area contributed by atoms with E-state index in [-0.39, 0.29) is 5.41 Å². The lowest BCUT2D eigenvalue weighted by atomic mass is 10.2. The van der Waals surface area contributed by atoms with E-state index in [1.54, 1.807) is 12.1 Å². The monoisotopic (exact) mass is 239 g/mol. The molecule has 0 radical (unpaired) electrons. The van der Waals surface area contributed by atoms with Crippen LogP contribution >= 0.6 is 0 Å². The SMILES string of the molecule is CC1(C)CC1Nc1ccccc1S(C)(=O)=O. The maximum atomic E-state index is 11.6. The molecule has 1 atom stereocenters. The van der Waals surface area contributed by atoms with E-state index < -0.39 is 9.84 Å². The third-order valence-electron chi connectivity index (χ3n) is 3.13. The molecule has 1 saturated carbocycles. The average molecular weight is 239 g/mol. The molecule has 0 amide bonds. The van der Waals surface area contributed by atoms with Gasteiger partial charge in [-0.25, -0.2) is 8.42 Å². The molecule has 0 saturated heterocycles. The van der Waals surface area contributed by atoms with Gasteiger partial charge in [0.05, 0.1) is 10.6 Å². The van der Waals surface area contributed by atoms with Gasteiger partial charge in [-0.2, -0.15) is 0 Å². The lowest BCUT2D eigenvalue weighted by molar-refractivity contribution is 0.601. The smallest absolute Gasteiger partial charge is 0.177 e. The summed E-state index contributed by atoms with van der Waals surface area (Å²) in [6.45, 7) is 4.35. The molecule has 3 nitrogen and oxygen atoms in total. The zero-order valence-corrected chi connectivity index (χ0v) is 10.6. The molecule has 0 spiro atoms. The Morgan fingerprint density at radius 3 is 2.38 bits per heavy atom. The molecule has 0 aliphatic heterocycles. The molecule has 1 aromatic rings. The van der Waals surface area contributed by atoms with Gasteiger partial charge in [0.25, 0.3) is 0 Å². The van der Waals surface area contributed by atoms with E-state index in [2.05, 4.69) is 19.2 Å². The molecule has 2 rings (SSSR count). The van der Waals surface area contributed by atoms with Gasteiger partial charge in [0.2, 0.25) is 0 Å². The van der Waals surface area contributed by atoms with Crippen LogP contribution in [0, 0.1) is 5.41 Å². The highest BCUT2D eigenvalue weighted by Crippen LogP contribution is 2.47. The lowest BCUT2D eigenvalue weighted by Crippen LogP contribution is -2.11. The first kappa shape index (κ1) is 11.5. The van der Waals surface area contributed by atoms with Crippen LogP contribution in [0.2, 0.25) is 0 Å². The first-order chi connectivity index (χ1) is 7.31. The number of hydrogen-bond donors (Lipinski definition) is 1. The minimum Gasteiger partial charge on any atom is -0.381 e. The minimum absolute atomic E-state index is 0.282. The number of rotatable bonds is 3. The summed E-state index contributed by atoms with van der Waals surface area (Å²) in [5.41, 5.74) is 1.01. The number of anilines is 1. The van der Waals surface area contributed by atoms with Crippen molar-refractivity contribution in [1.82, 2.24) is 0 Å². The van der Waals surface area contributed by atoms with Gasteiger partial charge < -0.3 is 5.32 Å². The van der Waals surface area contributed by atoms with E-state index in [1.807, 2.05) is 12.1 Å². The second kappa shape index (κ2) is 3.48.